The molecule has 0 aliphatic carbocycles. The van der Waals surface area contributed by atoms with Crippen molar-refractivity contribution in [3.05, 3.63) is 59.8 Å². The molecule has 1 heterocycles. The van der Waals surface area contributed by atoms with Crippen LogP contribution in [0.15, 0.2) is 42.6 Å². The van der Waals surface area contributed by atoms with Crippen LogP contribution in [0, 0.1) is 18.6 Å². The van der Waals surface area contributed by atoms with Crippen LogP contribution < -0.4 is 5.32 Å². The second-order valence-corrected chi connectivity index (χ2v) is 4.67. The number of nitrogens with zero attached hydrogens (tertiary/aromatic N) is 2. The van der Waals surface area contributed by atoms with Gasteiger partial charge in [-0.2, -0.15) is 9.78 Å². The third kappa shape index (κ3) is 2.47. The Hall–Kier alpha value is -2.76. The smallest absolute Gasteiger partial charge is 0.303 e. The van der Waals surface area contributed by atoms with E-state index in [1.54, 1.807) is 6.20 Å². The van der Waals surface area contributed by atoms with Crippen molar-refractivity contribution in [1.82, 2.24) is 9.78 Å². The van der Waals surface area contributed by atoms with Crippen LogP contribution in [0.5, 0.6) is 0 Å². The quantitative estimate of drug-likeness (QED) is 0.741. The maximum atomic E-state index is 13.5. The summed E-state index contributed by atoms with van der Waals surface area (Å²) in [4.78, 5) is 12.2. The van der Waals surface area contributed by atoms with Gasteiger partial charge in [-0.3, -0.25) is 0 Å². The average molecular weight is 287 g/mol. The largest absolute Gasteiger partial charge is 0.347 e. The zero-order valence-corrected chi connectivity index (χ0v) is 11.1. The number of aromatic nitrogens is 2. The minimum Gasteiger partial charge on any atom is -0.303 e. The van der Waals surface area contributed by atoms with E-state index in [9.17, 15) is 13.6 Å². The summed E-state index contributed by atoms with van der Waals surface area (Å²) in [6, 6.07) is 7.90. The first-order valence-corrected chi connectivity index (χ1v) is 6.25. The maximum Gasteiger partial charge on any atom is 0.347 e. The minimum atomic E-state index is -0.837. The highest BCUT2D eigenvalue weighted by Crippen LogP contribution is 2.18. The fourth-order valence-corrected chi connectivity index (χ4v) is 2.05. The molecular weight excluding hydrogens is 276 g/mol. The van der Waals surface area contributed by atoms with Gasteiger partial charge in [-0.1, -0.05) is 12.1 Å². The fourth-order valence-electron chi connectivity index (χ4n) is 2.05. The number of aryl methyl sites for hydroxylation is 1. The summed E-state index contributed by atoms with van der Waals surface area (Å²) >= 11 is 0. The summed E-state index contributed by atoms with van der Waals surface area (Å²) in [5.74, 6) is -1.54. The van der Waals surface area contributed by atoms with Gasteiger partial charge in [0.25, 0.3) is 0 Å². The number of amides is 1. The topological polar surface area (TPSA) is 46.9 Å². The van der Waals surface area contributed by atoms with Crippen LogP contribution >= 0.6 is 0 Å². The van der Waals surface area contributed by atoms with E-state index in [0.29, 0.717) is 11.6 Å². The molecule has 3 aromatic rings. The van der Waals surface area contributed by atoms with Crippen molar-refractivity contribution in [2.24, 2.45) is 0 Å². The highest BCUT2D eigenvalue weighted by atomic mass is 19.1. The number of anilines is 1. The Bertz CT molecular complexity index is 842. The van der Waals surface area contributed by atoms with Crippen molar-refractivity contribution >= 4 is 22.6 Å². The molecule has 6 heteroatoms. The number of hydrogen-bond acceptors (Lipinski definition) is 2. The van der Waals surface area contributed by atoms with E-state index in [1.165, 1.54) is 6.07 Å². The first kappa shape index (κ1) is 13.2. The Morgan fingerprint density at radius 2 is 2.00 bits per heavy atom. The van der Waals surface area contributed by atoms with Crippen LogP contribution in [-0.2, 0) is 0 Å². The Morgan fingerprint density at radius 1 is 1.19 bits per heavy atom. The van der Waals surface area contributed by atoms with Crippen LogP contribution in [0.3, 0.4) is 0 Å². The zero-order chi connectivity index (χ0) is 15.0. The van der Waals surface area contributed by atoms with Crippen molar-refractivity contribution in [3.8, 4) is 0 Å². The number of benzene rings is 2. The molecule has 0 fully saturated rings. The summed E-state index contributed by atoms with van der Waals surface area (Å²) in [7, 11) is 0. The summed E-state index contributed by atoms with van der Waals surface area (Å²) in [5, 5.41) is 7.16. The Morgan fingerprint density at radius 3 is 2.76 bits per heavy atom. The summed E-state index contributed by atoms with van der Waals surface area (Å²) in [6.45, 7) is 1.90. The second-order valence-electron chi connectivity index (χ2n) is 4.67. The van der Waals surface area contributed by atoms with E-state index < -0.39 is 17.7 Å². The van der Waals surface area contributed by atoms with Gasteiger partial charge in [-0.25, -0.2) is 13.6 Å². The van der Waals surface area contributed by atoms with Crippen molar-refractivity contribution in [2.75, 3.05) is 5.32 Å². The van der Waals surface area contributed by atoms with Crippen LogP contribution in [0.2, 0.25) is 0 Å². The molecule has 0 spiro atoms. The number of carbonyl (C=O) groups excluding carboxylic acids is 1. The molecule has 0 unspecified atom stereocenters. The van der Waals surface area contributed by atoms with Crippen molar-refractivity contribution in [1.29, 1.82) is 0 Å². The lowest BCUT2D eigenvalue weighted by atomic mass is 10.2. The van der Waals surface area contributed by atoms with Gasteiger partial charge >= 0.3 is 6.03 Å². The average Bonchev–Trinajstić information content (AvgIpc) is 2.85. The molecule has 4 nitrogen and oxygen atoms in total. The molecule has 0 radical (unpaired) electrons. The predicted octanol–water partition coefficient (Wildman–Crippen LogP) is 3.70. The van der Waals surface area contributed by atoms with Crippen molar-refractivity contribution < 1.29 is 13.6 Å². The standard InChI is InChI=1S/C15H11F2N3O/c1-9-2-3-10-8-18-20(14(10)6-9)15(21)19-13-5-4-11(16)7-12(13)17/h2-8H,1H3,(H,19,21). The van der Waals surface area contributed by atoms with Gasteiger partial charge in [0.15, 0.2) is 0 Å². The van der Waals surface area contributed by atoms with E-state index in [0.717, 1.165) is 21.7 Å². The van der Waals surface area contributed by atoms with Gasteiger partial charge in [-0.15, -0.1) is 0 Å². The lowest BCUT2D eigenvalue weighted by Gasteiger charge is -2.07. The fraction of sp³-hybridized carbons (Fsp3) is 0.0667. The monoisotopic (exact) mass is 287 g/mol. The third-order valence-corrected chi connectivity index (χ3v) is 3.09. The predicted molar refractivity (Wildman–Crippen MR) is 75.2 cm³/mol. The molecule has 106 valence electrons. The molecule has 0 bridgehead atoms. The van der Waals surface area contributed by atoms with Crippen LogP contribution in [0.4, 0.5) is 19.3 Å². The SMILES string of the molecule is Cc1ccc2cnn(C(=O)Nc3ccc(F)cc3F)c2c1. The third-order valence-electron chi connectivity index (χ3n) is 3.09. The molecule has 21 heavy (non-hydrogen) atoms. The lowest BCUT2D eigenvalue weighted by Crippen LogP contribution is -2.21. The number of fused-ring (bicyclic) bond motifs is 1. The second kappa shape index (κ2) is 4.97. The Labute approximate surface area is 119 Å². The first-order valence-electron chi connectivity index (χ1n) is 6.25. The molecule has 1 aromatic heterocycles. The van der Waals surface area contributed by atoms with Gasteiger partial charge in [0.05, 0.1) is 17.4 Å². The van der Waals surface area contributed by atoms with E-state index >= 15 is 0 Å². The highest BCUT2D eigenvalue weighted by molar-refractivity contribution is 5.97. The molecule has 1 amide bonds. The molecule has 2 aromatic carbocycles. The minimum absolute atomic E-state index is 0.0993. The van der Waals surface area contributed by atoms with Crippen LogP contribution in [0.25, 0.3) is 10.9 Å². The number of hydrogen-bond donors (Lipinski definition) is 1. The Balaban J connectivity index is 1.95. The number of halogens is 2. The number of rotatable bonds is 1. The van der Waals surface area contributed by atoms with E-state index in [1.807, 2.05) is 25.1 Å². The van der Waals surface area contributed by atoms with E-state index in [-0.39, 0.29) is 5.69 Å². The molecule has 0 saturated carbocycles. The van der Waals surface area contributed by atoms with E-state index in [4.69, 9.17) is 0 Å². The molecular formula is C15H11F2N3O. The lowest BCUT2D eigenvalue weighted by molar-refractivity contribution is 0.251. The zero-order valence-electron chi connectivity index (χ0n) is 11.1. The molecule has 0 aliphatic heterocycles. The summed E-state index contributed by atoms with van der Waals surface area (Å²) in [5.41, 5.74) is 1.50. The van der Waals surface area contributed by atoms with Crippen LogP contribution in [-0.4, -0.2) is 15.8 Å². The summed E-state index contributed by atoms with van der Waals surface area (Å²) < 4.78 is 27.5. The molecule has 0 aliphatic rings. The van der Waals surface area contributed by atoms with Gasteiger partial charge in [0.1, 0.15) is 11.6 Å². The molecule has 0 atom stereocenters. The Kier molecular flexibility index (Phi) is 3.13. The van der Waals surface area contributed by atoms with Crippen molar-refractivity contribution in [2.45, 2.75) is 6.92 Å². The molecule has 1 N–H and O–H groups in total. The number of nitrogens with one attached hydrogen (secondary N) is 1. The first-order chi connectivity index (χ1) is 10.0. The van der Waals surface area contributed by atoms with Gasteiger partial charge in [0, 0.05) is 11.5 Å². The van der Waals surface area contributed by atoms with Crippen LogP contribution in [0.1, 0.15) is 5.56 Å². The normalized spacial score (nSPS) is 10.8. The molecule has 3 rings (SSSR count). The number of carbonyl (C=O) groups is 1. The van der Waals surface area contributed by atoms with Gasteiger partial charge < -0.3 is 5.32 Å². The van der Waals surface area contributed by atoms with Gasteiger partial charge in [0.2, 0.25) is 0 Å². The highest BCUT2D eigenvalue weighted by Gasteiger charge is 2.13. The maximum absolute atomic E-state index is 13.5. The van der Waals surface area contributed by atoms with Crippen molar-refractivity contribution in [3.63, 3.8) is 0 Å². The molecule has 0 saturated heterocycles. The van der Waals surface area contributed by atoms with E-state index in [2.05, 4.69) is 10.4 Å². The summed E-state index contributed by atoms with van der Waals surface area (Å²) in [6.07, 6.45) is 1.55. The van der Waals surface area contributed by atoms with Gasteiger partial charge in [-0.05, 0) is 30.7 Å².